The molecule has 124 valence electrons. The minimum absolute atomic E-state index is 0.00557. The van der Waals surface area contributed by atoms with E-state index in [1.54, 1.807) is 6.07 Å². The predicted molar refractivity (Wildman–Crippen MR) is 73.3 cm³/mol. The van der Waals surface area contributed by atoms with Crippen LogP contribution < -0.4 is 4.74 Å². The Morgan fingerprint density at radius 2 is 1.77 bits per heavy atom. The van der Waals surface area contributed by atoms with Crippen molar-refractivity contribution >= 4 is 0 Å². The van der Waals surface area contributed by atoms with Crippen LogP contribution in [0.15, 0.2) is 18.2 Å². The highest BCUT2D eigenvalue weighted by Crippen LogP contribution is 2.31. The van der Waals surface area contributed by atoms with Crippen molar-refractivity contribution in [2.24, 2.45) is 0 Å². The zero-order chi connectivity index (χ0) is 16.3. The molecular weight excluding hydrogens is 296 g/mol. The maximum Gasteiger partial charge on any atom is 0.229 e. The summed E-state index contributed by atoms with van der Waals surface area (Å²) in [4.78, 5) is 0. The minimum atomic E-state index is -1.55. The van der Waals surface area contributed by atoms with E-state index in [1.807, 2.05) is 0 Å². The quantitative estimate of drug-likeness (QED) is 0.370. The van der Waals surface area contributed by atoms with E-state index in [1.165, 1.54) is 12.1 Å². The highest BCUT2D eigenvalue weighted by Gasteiger charge is 2.44. The number of aliphatic hydroxyl groups excluding tert-OH is 5. The van der Waals surface area contributed by atoms with Gasteiger partial charge in [-0.15, -0.1) is 0 Å². The van der Waals surface area contributed by atoms with Gasteiger partial charge in [-0.25, -0.2) is 0 Å². The van der Waals surface area contributed by atoms with Gasteiger partial charge in [0.2, 0.25) is 6.29 Å². The number of hydrogen-bond donors (Lipinski definition) is 6. The topological polar surface area (TPSA) is 140 Å². The molecule has 1 heterocycles. The molecule has 0 saturated carbocycles. The highest BCUT2D eigenvalue weighted by molar-refractivity contribution is 5.42. The Hall–Kier alpha value is -1.42. The second-order valence-electron chi connectivity index (χ2n) is 5.09. The SMILES string of the molecule is OCCc1ccc(O[C@@H]2O[C@H](CO)[C@@H](O)[C@H](O)[C@H]2O)c(O)c1. The van der Waals surface area contributed by atoms with E-state index in [0.717, 1.165) is 0 Å². The molecule has 1 aliphatic rings. The third-order valence-corrected chi connectivity index (χ3v) is 3.52. The van der Waals surface area contributed by atoms with E-state index in [4.69, 9.17) is 19.7 Å². The molecule has 6 N–H and O–H groups in total. The van der Waals surface area contributed by atoms with Gasteiger partial charge in [-0.1, -0.05) is 6.07 Å². The number of aliphatic hydroxyl groups is 5. The zero-order valence-corrected chi connectivity index (χ0v) is 11.7. The fourth-order valence-corrected chi connectivity index (χ4v) is 2.24. The fraction of sp³-hybridized carbons (Fsp3) is 0.571. The summed E-state index contributed by atoms with van der Waals surface area (Å²) in [7, 11) is 0. The van der Waals surface area contributed by atoms with Crippen molar-refractivity contribution in [3.8, 4) is 11.5 Å². The third-order valence-electron chi connectivity index (χ3n) is 3.52. The first-order valence-electron chi connectivity index (χ1n) is 6.88. The molecule has 0 aliphatic carbocycles. The van der Waals surface area contributed by atoms with Gasteiger partial charge < -0.3 is 40.1 Å². The summed E-state index contributed by atoms with van der Waals surface area (Å²) in [5.41, 5.74) is 0.696. The van der Waals surface area contributed by atoms with Crippen molar-refractivity contribution < 1.29 is 40.1 Å². The minimum Gasteiger partial charge on any atom is -0.504 e. The van der Waals surface area contributed by atoms with Crippen LogP contribution in [0, 0.1) is 0 Å². The van der Waals surface area contributed by atoms with Gasteiger partial charge >= 0.3 is 0 Å². The Labute approximate surface area is 126 Å². The van der Waals surface area contributed by atoms with Gasteiger partial charge in [0.25, 0.3) is 0 Å². The maximum absolute atomic E-state index is 9.87. The lowest BCUT2D eigenvalue weighted by Gasteiger charge is -2.39. The van der Waals surface area contributed by atoms with Crippen LogP contribution in [0.2, 0.25) is 0 Å². The van der Waals surface area contributed by atoms with E-state index >= 15 is 0 Å². The molecule has 8 nitrogen and oxygen atoms in total. The monoisotopic (exact) mass is 316 g/mol. The Bertz CT molecular complexity index is 492. The number of ether oxygens (including phenoxy) is 2. The van der Waals surface area contributed by atoms with Crippen molar-refractivity contribution in [2.45, 2.75) is 37.1 Å². The lowest BCUT2D eigenvalue weighted by Crippen LogP contribution is -2.60. The molecule has 0 bridgehead atoms. The van der Waals surface area contributed by atoms with Crippen LogP contribution in [0.25, 0.3) is 0 Å². The Morgan fingerprint density at radius 1 is 1.05 bits per heavy atom. The summed E-state index contributed by atoms with van der Waals surface area (Å²) in [6.45, 7) is -0.626. The molecular formula is C14H20O8. The van der Waals surface area contributed by atoms with E-state index in [0.29, 0.717) is 12.0 Å². The van der Waals surface area contributed by atoms with Crippen molar-refractivity contribution in [2.75, 3.05) is 13.2 Å². The van der Waals surface area contributed by atoms with Crippen molar-refractivity contribution in [1.29, 1.82) is 0 Å². The molecule has 8 heteroatoms. The Balaban J connectivity index is 2.12. The van der Waals surface area contributed by atoms with E-state index < -0.39 is 37.3 Å². The lowest BCUT2D eigenvalue weighted by molar-refractivity contribution is -0.277. The fourth-order valence-electron chi connectivity index (χ4n) is 2.24. The second-order valence-corrected chi connectivity index (χ2v) is 5.09. The molecule has 5 atom stereocenters. The number of benzene rings is 1. The lowest BCUT2D eigenvalue weighted by atomic mass is 9.99. The molecule has 0 amide bonds. The van der Waals surface area contributed by atoms with Crippen LogP contribution in [-0.4, -0.2) is 74.6 Å². The number of aromatic hydroxyl groups is 1. The van der Waals surface area contributed by atoms with Gasteiger partial charge in [0.05, 0.1) is 6.61 Å². The molecule has 22 heavy (non-hydrogen) atoms. The molecule has 1 saturated heterocycles. The summed E-state index contributed by atoms with van der Waals surface area (Å²) >= 11 is 0. The van der Waals surface area contributed by atoms with Gasteiger partial charge in [-0.2, -0.15) is 0 Å². The summed E-state index contributed by atoms with van der Waals surface area (Å²) in [6.07, 6.45) is -6.64. The molecule has 0 spiro atoms. The normalized spacial score (nSPS) is 32.0. The first kappa shape index (κ1) is 16.9. The average molecular weight is 316 g/mol. The largest absolute Gasteiger partial charge is 0.504 e. The highest BCUT2D eigenvalue weighted by atomic mass is 16.7. The molecule has 0 unspecified atom stereocenters. The first-order chi connectivity index (χ1) is 10.5. The smallest absolute Gasteiger partial charge is 0.229 e. The van der Waals surface area contributed by atoms with Crippen molar-refractivity contribution in [1.82, 2.24) is 0 Å². The van der Waals surface area contributed by atoms with Gasteiger partial charge in [0.15, 0.2) is 11.5 Å². The van der Waals surface area contributed by atoms with E-state index in [2.05, 4.69) is 0 Å². The molecule has 1 fully saturated rings. The Morgan fingerprint density at radius 3 is 2.36 bits per heavy atom. The van der Waals surface area contributed by atoms with Crippen molar-refractivity contribution in [3.63, 3.8) is 0 Å². The van der Waals surface area contributed by atoms with Crippen LogP contribution in [0.4, 0.5) is 0 Å². The molecule has 0 aromatic heterocycles. The van der Waals surface area contributed by atoms with Crippen LogP contribution in [0.3, 0.4) is 0 Å². The average Bonchev–Trinajstić information content (AvgIpc) is 2.50. The Kier molecular flexibility index (Phi) is 5.57. The van der Waals surface area contributed by atoms with Gasteiger partial charge in [-0.3, -0.25) is 0 Å². The van der Waals surface area contributed by atoms with Crippen LogP contribution in [-0.2, 0) is 11.2 Å². The molecule has 2 rings (SSSR count). The maximum atomic E-state index is 9.87. The molecule has 1 aromatic carbocycles. The van der Waals surface area contributed by atoms with Crippen LogP contribution in [0.5, 0.6) is 11.5 Å². The van der Waals surface area contributed by atoms with E-state index in [-0.39, 0.29) is 18.1 Å². The van der Waals surface area contributed by atoms with E-state index in [9.17, 15) is 20.4 Å². The third kappa shape index (κ3) is 3.49. The van der Waals surface area contributed by atoms with Crippen LogP contribution in [0.1, 0.15) is 5.56 Å². The summed E-state index contributed by atoms with van der Waals surface area (Å²) < 4.78 is 10.5. The predicted octanol–water partition coefficient (Wildman–Crippen LogP) is -1.89. The van der Waals surface area contributed by atoms with Gasteiger partial charge in [0.1, 0.15) is 24.4 Å². The molecule has 1 aromatic rings. The summed E-state index contributed by atoms with van der Waals surface area (Å²) in [5.74, 6) is -0.214. The summed E-state index contributed by atoms with van der Waals surface area (Å²) in [6, 6.07) is 4.45. The summed E-state index contributed by atoms with van der Waals surface area (Å²) in [5, 5.41) is 57.0. The standard InChI is InChI=1S/C14H20O8/c15-4-3-7-1-2-9(8(17)5-7)21-14-13(20)12(19)11(18)10(6-16)22-14/h1-2,5,10-20H,3-4,6H2/t10-,11-,12+,13-,14-/m1/s1. The second kappa shape index (κ2) is 7.23. The van der Waals surface area contributed by atoms with Crippen LogP contribution >= 0.6 is 0 Å². The molecule has 0 radical (unpaired) electrons. The number of phenolic OH excluding ortho intramolecular Hbond substituents is 1. The van der Waals surface area contributed by atoms with Gasteiger partial charge in [0, 0.05) is 6.61 Å². The van der Waals surface area contributed by atoms with Crippen molar-refractivity contribution in [3.05, 3.63) is 23.8 Å². The number of phenols is 1. The zero-order valence-electron chi connectivity index (χ0n) is 11.7. The number of hydrogen-bond acceptors (Lipinski definition) is 8. The van der Waals surface area contributed by atoms with Gasteiger partial charge in [-0.05, 0) is 24.1 Å². The molecule has 1 aliphatic heterocycles. The first-order valence-corrected chi connectivity index (χ1v) is 6.88. The number of rotatable bonds is 5.